The molecule has 0 aliphatic carbocycles. The van der Waals surface area contributed by atoms with E-state index in [0.29, 0.717) is 30.1 Å². The molecular weight excluding hydrogens is 498 g/mol. The van der Waals surface area contributed by atoms with Crippen molar-refractivity contribution >= 4 is 39.1 Å². The van der Waals surface area contributed by atoms with E-state index in [9.17, 15) is 18.0 Å². The Hall–Kier alpha value is -2.58. The Bertz CT molecular complexity index is 1120. The van der Waals surface area contributed by atoms with E-state index < -0.39 is 16.1 Å². The van der Waals surface area contributed by atoms with Crippen LogP contribution in [0.2, 0.25) is 5.02 Å². The first-order valence-electron chi connectivity index (χ1n) is 12.4. The van der Waals surface area contributed by atoms with Gasteiger partial charge in [0.1, 0.15) is 6.04 Å². The summed E-state index contributed by atoms with van der Waals surface area (Å²) < 4.78 is 26.2. The third kappa shape index (κ3) is 8.82. The highest BCUT2D eigenvalue weighted by molar-refractivity contribution is 7.92. The number of aryl methyl sites for hydroxylation is 1. The summed E-state index contributed by atoms with van der Waals surface area (Å²) in [4.78, 5) is 28.0. The van der Waals surface area contributed by atoms with Crippen LogP contribution in [0.25, 0.3) is 0 Å². The molecule has 7 nitrogen and oxygen atoms in total. The van der Waals surface area contributed by atoms with E-state index in [0.717, 1.165) is 30.2 Å². The summed E-state index contributed by atoms with van der Waals surface area (Å²) in [6.07, 6.45) is 3.84. The van der Waals surface area contributed by atoms with Crippen LogP contribution in [0.15, 0.2) is 48.5 Å². The number of anilines is 1. The molecule has 9 heteroatoms. The minimum Gasteiger partial charge on any atom is -0.354 e. The first-order valence-corrected chi connectivity index (χ1v) is 14.7. The SMILES string of the molecule is CCCCNC(=O)[C@@H](CC)N(Cc1ccccc1Cl)C(=O)CCCN(c1cccc(C)c1)S(C)(=O)=O. The lowest BCUT2D eigenvalue weighted by molar-refractivity contribution is -0.141. The molecule has 2 aromatic rings. The van der Waals surface area contributed by atoms with E-state index >= 15 is 0 Å². The predicted octanol–water partition coefficient (Wildman–Crippen LogP) is 4.92. The van der Waals surface area contributed by atoms with Gasteiger partial charge in [0.15, 0.2) is 0 Å². The van der Waals surface area contributed by atoms with Crippen molar-refractivity contribution in [3.8, 4) is 0 Å². The molecule has 0 aliphatic heterocycles. The topological polar surface area (TPSA) is 86.8 Å². The summed E-state index contributed by atoms with van der Waals surface area (Å²) in [5.74, 6) is -0.408. The summed E-state index contributed by atoms with van der Waals surface area (Å²) in [7, 11) is -3.53. The summed E-state index contributed by atoms with van der Waals surface area (Å²) in [5, 5.41) is 3.47. The minimum atomic E-state index is -3.53. The summed E-state index contributed by atoms with van der Waals surface area (Å²) in [6.45, 7) is 6.74. The van der Waals surface area contributed by atoms with Crippen LogP contribution in [-0.2, 0) is 26.2 Å². The lowest BCUT2D eigenvalue weighted by Gasteiger charge is -2.31. The first kappa shape index (κ1) is 29.6. The molecule has 36 heavy (non-hydrogen) atoms. The molecule has 1 atom stereocenters. The van der Waals surface area contributed by atoms with Crippen molar-refractivity contribution in [3.63, 3.8) is 0 Å². The van der Waals surface area contributed by atoms with Gasteiger partial charge in [-0.1, -0.05) is 62.2 Å². The fraction of sp³-hybridized carbons (Fsp3) is 0.481. The largest absolute Gasteiger partial charge is 0.354 e. The van der Waals surface area contributed by atoms with Gasteiger partial charge in [-0.15, -0.1) is 0 Å². The number of carbonyl (C=O) groups excluding carboxylic acids is 2. The van der Waals surface area contributed by atoms with Gasteiger partial charge < -0.3 is 10.2 Å². The van der Waals surface area contributed by atoms with Crippen LogP contribution in [0, 0.1) is 6.92 Å². The number of sulfonamides is 1. The van der Waals surface area contributed by atoms with Crippen LogP contribution in [0.5, 0.6) is 0 Å². The smallest absolute Gasteiger partial charge is 0.242 e. The molecule has 0 aromatic heterocycles. The second-order valence-corrected chi connectivity index (χ2v) is 11.3. The highest BCUT2D eigenvalue weighted by atomic mass is 35.5. The quantitative estimate of drug-likeness (QED) is 0.348. The van der Waals surface area contributed by atoms with Crippen LogP contribution < -0.4 is 9.62 Å². The summed E-state index contributed by atoms with van der Waals surface area (Å²) in [6, 6.07) is 13.9. The zero-order valence-corrected chi connectivity index (χ0v) is 23.2. The van der Waals surface area contributed by atoms with Crippen molar-refractivity contribution in [3.05, 3.63) is 64.7 Å². The minimum absolute atomic E-state index is 0.0982. The highest BCUT2D eigenvalue weighted by Gasteiger charge is 2.29. The van der Waals surface area contributed by atoms with Crippen molar-refractivity contribution in [2.24, 2.45) is 0 Å². The Morgan fingerprint density at radius 1 is 1.06 bits per heavy atom. The van der Waals surface area contributed by atoms with E-state index in [1.807, 2.05) is 51.1 Å². The Morgan fingerprint density at radius 3 is 2.39 bits per heavy atom. The lowest BCUT2D eigenvalue weighted by atomic mass is 10.1. The Morgan fingerprint density at radius 2 is 1.78 bits per heavy atom. The zero-order valence-electron chi connectivity index (χ0n) is 21.7. The van der Waals surface area contributed by atoms with Crippen LogP contribution in [0.3, 0.4) is 0 Å². The van der Waals surface area contributed by atoms with Gasteiger partial charge in [-0.2, -0.15) is 0 Å². The molecular formula is C27H38ClN3O4S. The number of halogens is 1. The van der Waals surface area contributed by atoms with Crippen LogP contribution in [0.4, 0.5) is 5.69 Å². The van der Waals surface area contributed by atoms with E-state index in [-0.39, 0.29) is 31.3 Å². The van der Waals surface area contributed by atoms with Crippen molar-refractivity contribution in [2.75, 3.05) is 23.7 Å². The molecule has 0 bridgehead atoms. The molecule has 2 amide bonds. The number of hydrogen-bond acceptors (Lipinski definition) is 4. The van der Waals surface area contributed by atoms with Crippen LogP contribution in [0.1, 0.15) is 57.1 Å². The standard InChI is InChI=1S/C27H38ClN3O4S/c1-5-7-17-29-27(33)25(6-2)30(20-22-13-8-9-15-24(22)28)26(32)16-11-18-31(36(4,34)35)23-14-10-12-21(3)19-23/h8-10,12-15,19,25H,5-7,11,16-18,20H2,1-4H3,(H,29,33)/t25-/m1/s1. The molecule has 0 saturated carbocycles. The number of nitrogens with one attached hydrogen (secondary N) is 1. The average Bonchev–Trinajstić information content (AvgIpc) is 2.82. The second-order valence-electron chi connectivity index (χ2n) is 8.96. The van der Waals surface area contributed by atoms with Gasteiger partial charge in [0, 0.05) is 31.1 Å². The lowest BCUT2D eigenvalue weighted by Crippen LogP contribution is -2.49. The molecule has 0 radical (unpaired) electrons. The Balaban J connectivity index is 2.21. The van der Waals surface area contributed by atoms with Crippen molar-refractivity contribution in [1.29, 1.82) is 0 Å². The van der Waals surface area contributed by atoms with Gasteiger partial charge in [-0.05, 0) is 55.5 Å². The van der Waals surface area contributed by atoms with Crippen molar-refractivity contribution < 1.29 is 18.0 Å². The van der Waals surface area contributed by atoms with Crippen molar-refractivity contribution in [1.82, 2.24) is 10.2 Å². The Kier molecular flexibility index (Phi) is 11.7. The second kappa shape index (κ2) is 14.2. The highest BCUT2D eigenvalue weighted by Crippen LogP contribution is 2.22. The predicted molar refractivity (Wildman–Crippen MR) is 147 cm³/mol. The van der Waals surface area contributed by atoms with Gasteiger partial charge in [-0.3, -0.25) is 13.9 Å². The van der Waals surface area contributed by atoms with E-state index in [1.54, 1.807) is 23.1 Å². The molecule has 1 N–H and O–H groups in total. The maximum absolute atomic E-state index is 13.5. The molecule has 2 rings (SSSR count). The number of benzene rings is 2. The number of unbranched alkanes of at least 4 members (excludes halogenated alkanes) is 1. The average molecular weight is 536 g/mol. The number of carbonyl (C=O) groups is 2. The molecule has 0 fully saturated rings. The molecule has 0 spiro atoms. The van der Waals surface area contributed by atoms with Crippen LogP contribution in [-0.4, -0.2) is 50.5 Å². The number of amides is 2. The third-order valence-corrected chi connectivity index (χ3v) is 7.52. The van der Waals surface area contributed by atoms with Crippen molar-refractivity contribution in [2.45, 2.75) is 65.5 Å². The number of nitrogens with zero attached hydrogens (tertiary/aromatic N) is 2. The third-order valence-electron chi connectivity index (χ3n) is 5.96. The van der Waals surface area contributed by atoms with Gasteiger partial charge in [0.2, 0.25) is 21.8 Å². The maximum Gasteiger partial charge on any atom is 0.242 e. The van der Waals surface area contributed by atoms with Gasteiger partial charge in [-0.25, -0.2) is 8.42 Å². The molecule has 0 aliphatic rings. The normalized spacial score (nSPS) is 12.1. The fourth-order valence-corrected chi connectivity index (χ4v) is 5.18. The monoisotopic (exact) mass is 535 g/mol. The zero-order chi connectivity index (χ0) is 26.7. The molecule has 198 valence electrons. The number of rotatable bonds is 14. The Labute approximate surface area is 220 Å². The van der Waals surface area contributed by atoms with Gasteiger partial charge in [0.25, 0.3) is 0 Å². The van der Waals surface area contributed by atoms with E-state index in [2.05, 4.69) is 5.32 Å². The first-order chi connectivity index (χ1) is 17.1. The summed E-state index contributed by atoms with van der Waals surface area (Å²) >= 11 is 6.37. The molecule has 0 heterocycles. The molecule has 0 saturated heterocycles. The fourth-order valence-electron chi connectivity index (χ4n) is 4.02. The maximum atomic E-state index is 13.5. The van der Waals surface area contributed by atoms with Crippen LogP contribution >= 0.6 is 11.6 Å². The summed E-state index contributed by atoms with van der Waals surface area (Å²) in [5.41, 5.74) is 2.27. The van der Waals surface area contributed by atoms with E-state index in [4.69, 9.17) is 11.6 Å². The molecule has 2 aromatic carbocycles. The van der Waals surface area contributed by atoms with E-state index in [1.165, 1.54) is 4.31 Å². The van der Waals surface area contributed by atoms with Gasteiger partial charge in [0.05, 0.1) is 11.9 Å². The molecule has 0 unspecified atom stereocenters. The van der Waals surface area contributed by atoms with Gasteiger partial charge >= 0.3 is 0 Å². The number of hydrogen-bond donors (Lipinski definition) is 1.